The second-order valence-electron chi connectivity index (χ2n) is 11.3. The quantitative estimate of drug-likeness (QED) is 0.170. The van der Waals surface area contributed by atoms with Crippen molar-refractivity contribution in [2.24, 2.45) is 16.7 Å². The molecule has 2 fully saturated rings. The van der Waals surface area contributed by atoms with Crippen LogP contribution in [0, 0.1) is 16.7 Å². The van der Waals surface area contributed by atoms with Crippen molar-refractivity contribution < 1.29 is 9.53 Å². The van der Waals surface area contributed by atoms with Crippen molar-refractivity contribution in [3.05, 3.63) is 12.2 Å². The Morgan fingerprint density at radius 3 is 2.10 bits per heavy atom. The van der Waals surface area contributed by atoms with Gasteiger partial charge in [0.1, 0.15) is 6.10 Å². The summed E-state index contributed by atoms with van der Waals surface area (Å²) in [4.78, 5) is 12.6. The first-order valence-electron chi connectivity index (χ1n) is 13.2. The fourth-order valence-corrected chi connectivity index (χ4v) is 6.47. The van der Waals surface area contributed by atoms with Crippen molar-refractivity contribution in [3.8, 4) is 0 Å². The lowest BCUT2D eigenvalue weighted by molar-refractivity contribution is -0.165. The first-order chi connectivity index (χ1) is 14.3. The predicted octanol–water partition coefficient (Wildman–Crippen LogP) is 8.78. The van der Waals surface area contributed by atoms with Crippen LogP contribution >= 0.6 is 0 Å². The van der Waals surface area contributed by atoms with Gasteiger partial charge < -0.3 is 4.74 Å². The van der Waals surface area contributed by atoms with Crippen LogP contribution in [0.2, 0.25) is 0 Å². The Balaban J connectivity index is 1.65. The minimum absolute atomic E-state index is 0.00216. The molecule has 30 heavy (non-hydrogen) atoms. The maximum atomic E-state index is 12.6. The molecule has 2 saturated carbocycles. The van der Waals surface area contributed by atoms with Crippen molar-refractivity contribution >= 4 is 5.97 Å². The SMILES string of the molecule is C=C1CC[C@@H]2C(C)(C)CCC[C@]2(C)[C@@H]1OC(=O)CCCCCCCCCCCCC. The van der Waals surface area contributed by atoms with Gasteiger partial charge in [0.25, 0.3) is 0 Å². The van der Waals surface area contributed by atoms with Crippen LogP contribution in [0.25, 0.3) is 0 Å². The molecule has 0 N–H and O–H groups in total. The normalized spacial score (nSPS) is 28.2. The van der Waals surface area contributed by atoms with Crippen LogP contribution in [0.3, 0.4) is 0 Å². The number of hydrogen-bond acceptors (Lipinski definition) is 2. The number of carbonyl (C=O) groups is 1. The molecule has 2 heteroatoms. The third-order valence-corrected chi connectivity index (χ3v) is 8.23. The minimum Gasteiger partial charge on any atom is -0.457 e. The van der Waals surface area contributed by atoms with Crippen molar-refractivity contribution in [2.75, 3.05) is 0 Å². The van der Waals surface area contributed by atoms with Crippen molar-refractivity contribution in [2.45, 2.75) is 143 Å². The standard InChI is InChI=1S/C28H50O2/c1-6-7-8-9-10-11-12-13-14-15-16-18-25(29)30-26-23(2)19-20-24-27(3,4)21-17-22-28(24,26)5/h24,26H,2,6-22H2,1,3-5H3/t24-,26-,28+/m1/s1. The zero-order valence-corrected chi connectivity index (χ0v) is 20.7. The summed E-state index contributed by atoms with van der Waals surface area (Å²) in [5.41, 5.74) is 1.57. The first-order valence-corrected chi connectivity index (χ1v) is 13.2. The van der Waals surface area contributed by atoms with Gasteiger partial charge in [-0.25, -0.2) is 0 Å². The second-order valence-corrected chi connectivity index (χ2v) is 11.3. The molecule has 0 radical (unpaired) electrons. The molecule has 0 amide bonds. The fraction of sp³-hybridized carbons (Fsp3) is 0.893. The Kier molecular flexibility index (Phi) is 10.4. The summed E-state index contributed by atoms with van der Waals surface area (Å²) >= 11 is 0. The van der Waals surface area contributed by atoms with Gasteiger partial charge in [-0.15, -0.1) is 0 Å². The number of rotatable bonds is 13. The van der Waals surface area contributed by atoms with E-state index in [1.807, 2.05) is 0 Å². The average molecular weight is 419 g/mol. The topological polar surface area (TPSA) is 26.3 Å². The van der Waals surface area contributed by atoms with Gasteiger partial charge in [0.05, 0.1) is 0 Å². The maximum Gasteiger partial charge on any atom is 0.306 e. The van der Waals surface area contributed by atoms with E-state index in [0.717, 1.165) is 31.3 Å². The predicted molar refractivity (Wildman–Crippen MR) is 129 cm³/mol. The summed E-state index contributed by atoms with van der Waals surface area (Å²) < 4.78 is 6.12. The van der Waals surface area contributed by atoms with Gasteiger partial charge >= 0.3 is 5.97 Å². The average Bonchev–Trinajstić information content (AvgIpc) is 2.68. The van der Waals surface area contributed by atoms with E-state index in [1.165, 1.54) is 77.0 Å². The summed E-state index contributed by atoms with van der Waals surface area (Å²) in [6.45, 7) is 13.8. The Morgan fingerprint density at radius 2 is 1.50 bits per heavy atom. The van der Waals surface area contributed by atoms with Gasteiger partial charge in [-0.3, -0.25) is 4.79 Å². The molecule has 0 spiro atoms. The molecule has 0 aromatic heterocycles. The molecule has 0 aromatic rings. The summed E-state index contributed by atoms with van der Waals surface area (Å²) in [5, 5.41) is 0. The fourth-order valence-electron chi connectivity index (χ4n) is 6.47. The number of ether oxygens (including phenoxy) is 1. The third-order valence-electron chi connectivity index (χ3n) is 8.23. The number of fused-ring (bicyclic) bond motifs is 1. The molecule has 0 heterocycles. The van der Waals surface area contributed by atoms with Gasteiger partial charge in [-0.2, -0.15) is 0 Å². The van der Waals surface area contributed by atoms with Crippen LogP contribution in [-0.4, -0.2) is 12.1 Å². The highest BCUT2D eigenvalue weighted by Crippen LogP contribution is 2.59. The van der Waals surface area contributed by atoms with E-state index >= 15 is 0 Å². The smallest absolute Gasteiger partial charge is 0.306 e. The van der Waals surface area contributed by atoms with Crippen LogP contribution in [0.15, 0.2) is 12.2 Å². The molecule has 0 unspecified atom stereocenters. The number of carbonyl (C=O) groups excluding carboxylic acids is 1. The van der Waals surface area contributed by atoms with Gasteiger partial charge in [0.15, 0.2) is 0 Å². The van der Waals surface area contributed by atoms with Crippen LogP contribution in [0.1, 0.15) is 137 Å². The lowest BCUT2D eigenvalue weighted by atomic mass is 9.50. The first kappa shape index (κ1) is 25.5. The molecule has 0 aromatic carbocycles. The van der Waals surface area contributed by atoms with E-state index in [2.05, 4.69) is 34.3 Å². The van der Waals surface area contributed by atoms with Gasteiger partial charge in [-0.05, 0) is 49.0 Å². The van der Waals surface area contributed by atoms with E-state index in [4.69, 9.17) is 4.74 Å². The Bertz CT molecular complexity index is 535. The molecule has 0 bridgehead atoms. The minimum atomic E-state index is -0.0731. The van der Waals surface area contributed by atoms with Crippen LogP contribution < -0.4 is 0 Å². The monoisotopic (exact) mass is 418 g/mol. The lowest BCUT2D eigenvalue weighted by Gasteiger charge is -2.56. The molecule has 2 aliphatic rings. The van der Waals surface area contributed by atoms with E-state index in [-0.39, 0.29) is 17.5 Å². The molecule has 2 nitrogen and oxygen atoms in total. The molecule has 0 aliphatic heterocycles. The van der Waals surface area contributed by atoms with Crippen molar-refractivity contribution in [1.82, 2.24) is 0 Å². The summed E-state index contributed by atoms with van der Waals surface area (Å²) in [5.74, 6) is 0.631. The zero-order valence-electron chi connectivity index (χ0n) is 20.7. The van der Waals surface area contributed by atoms with E-state index in [0.29, 0.717) is 17.8 Å². The molecular formula is C28H50O2. The molecule has 3 atom stereocenters. The highest BCUT2D eigenvalue weighted by atomic mass is 16.5. The largest absolute Gasteiger partial charge is 0.457 e. The Labute approximate surface area is 187 Å². The van der Waals surface area contributed by atoms with Gasteiger partial charge in [-0.1, -0.05) is 105 Å². The second kappa shape index (κ2) is 12.3. The molecule has 2 aliphatic carbocycles. The van der Waals surface area contributed by atoms with E-state index in [9.17, 15) is 4.79 Å². The Morgan fingerprint density at radius 1 is 0.933 bits per heavy atom. The van der Waals surface area contributed by atoms with Crippen molar-refractivity contribution in [3.63, 3.8) is 0 Å². The van der Waals surface area contributed by atoms with Crippen LogP contribution in [0.5, 0.6) is 0 Å². The third kappa shape index (κ3) is 7.13. The van der Waals surface area contributed by atoms with E-state index in [1.54, 1.807) is 0 Å². The van der Waals surface area contributed by atoms with Gasteiger partial charge in [0.2, 0.25) is 0 Å². The van der Waals surface area contributed by atoms with Crippen molar-refractivity contribution in [1.29, 1.82) is 0 Å². The summed E-state index contributed by atoms with van der Waals surface area (Å²) in [7, 11) is 0. The highest BCUT2D eigenvalue weighted by Gasteiger charge is 2.54. The molecular weight excluding hydrogens is 368 g/mol. The van der Waals surface area contributed by atoms with Crippen LogP contribution in [-0.2, 0) is 9.53 Å². The molecule has 2 rings (SSSR count). The Hall–Kier alpha value is -0.790. The number of hydrogen-bond donors (Lipinski definition) is 0. The zero-order chi connectivity index (χ0) is 22.0. The summed E-state index contributed by atoms with van der Waals surface area (Å²) in [6.07, 6.45) is 20.8. The van der Waals surface area contributed by atoms with Gasteiger partial charge in [0, 0.05) is 11.8 Å². The van der Waals surface area contributed by atoms with E-state index < -0.39 is 0 Å². The maximum absolute atomic E-state index is 12.6. The highest BCUT2D eigenvalue weighted by molar-refractivity contribution is 5.70. The molecule has 174 valence electrons. The lowest BCUT2D eigenvalue weighted by Crippen LogP contribution is -2.53. The number of esters is 1. The molecule has 0 saturated heterocycles. The number of unbranched alkanes of at least 4 members (excludes halogenated alkanes) is 10. The van der Waals surface area contributed by atoms with Crippen LogP contribution in [0.4, 0.5) is 0 Å². The summed E-state index contributed by atoms with van der Waals surface area (Å²) in [6, 6.07) is 0.